The Labute approximate surface area is 117 Å². The predicted molar refractivity (Wildman–Crippen MR) is 73.9 cm³/mol. The number of rotatable bonds is 5. The second-order valence-corrected chi connectivity index (χ2v) is 5.17. The van der Waals surface area contributed by atoms with Gasteiger partial charge in [0.1, 0.15) is 5.82 Å². The first-order valence-corrected chi connectivity index (χ1v) is 6.43. The van der Waals surface area contributed by atoms with Crippen LogP contribution in [0.2, 0.25) is 5.02 Å². The monoisotopic (exact) mass is 288 g/mol. The number of halogens is 2. The summed E-state index contributed by atoms with van der Waals surface area (Å²) in [6, 6.07) is 2.97. The van der Waals surface area contributed by atoms with Crippen molar-refractivity contribution in [2.75, 3.05) is 11.9 Å². The van der Waals surface area contributed by atoms with E-state index >= 15 is 0 Å². The number of urea groups is 1. The van der Waals surface area contributed by atoms with Gasteiger partial charge in [-0.15, -0.1) is 0 Å². The van der Waals surface area contributed by atoms with E-state index in [0.29, 0.717) is 17.4 Å². The minimum absolute atomic E-state index is 0.00577. The Hall–Kier alpha value is -1.33. The third-order valence-electron chi connectivity index (χ3n) is 2.49. The molecule has 6 heteroatoms. The van der Waals surface area contributed by atoms with Gasteiger partial charge in [0.2, 0.25) is 0 Å². The van der Waals surface area contributed by atoms with Crippen LogP contribution in [-0.4, -0.2) is 23.8 Å². The molecule has 1 unspecified atom stereocenters. The van der Waals surface area contributed by atoms with Gasteiger partial charge in [-0.3, -0.25) is 0 Å². The van der Waals surface area contributed by atoms with Crippen LogP contribution in [0.15, 0.2) is 18.2 Å². The molecule has 1 aromatic carbocycles. The molecule has 1 rings (SSSR count). The lowest BCUT2D eigenvalue weighted by Gasteiger charge is -2.18. The molecule has 19 heavy (non-hydrogen) atoms. The summed E-state index contributed by atoms with van der Waals surface area (Å²) in [6.45, 7) is 3.81. The summed E-state index contributed by atoms with van der Waals surface area (Å²) in [5.74, 6) is -0.232. The van der Waals surface area contributed by atoms with E-state index in [1.165, 1.54) is 18.2 Å². The molecule has 0 spiro atoms. The molecule has 2 amide bonds. The lowest BCUT2D eigenvalue weighted by atomic mass is 10.0. The zero-order valence-corrected chi connectivity index (χ0v) is 11.7. The maximum atomic E-state index is 13.4. The second-order valence-electron chi connectivity index (χ2n) is 4.73. The molecule has 1 atom stereocenters. The number of hydrogen-bond acceptors (Lipinski definition) is 2. The summed E-state index contributed by atoms with van der Waals surface area (Å²) >= 11 is 5.72. The Morgan fingerprint density at radius 3 is 2.74 bits per heavy atom. The van der Waals surface area contributed by atoms with Gasteiger partial charge < -0.3 is 15.7 Å². The lowest BCUT2D eigenvalue weighted by Crippen LogP contribution is -2.41. The first kappa shape index (κ1) is 15.7. The standard InChI is InChI=1S/C13H18ClFN2O2/c1-8(2)5-10(7-18)16-13(19)17-12-6-9(14)3-4-11(12)15/h3-4,6,8,10,18H,5,7H2,1-2H3,(H2,16,17,19). The normalized spacial score (nSPS) is 12.3. The molecule has 4 nitrogen and oxygen atoms in total. The van der Waals surface area contributed by atoms with Crippen molar-refractivity contribution in [1.82, 2.24) is 5.32 Å². The van der Waals surface area contributed by atoms with Gasteiger partial charge in [0.15, 0.2) is 0 Å². The Balaban J connectivity index is 2.61. The zero-order valence-electron chi connectivity index (χ0n) is 10.9. The second kappa shape index (κ2) is 7.31. The molecule has 0 aliphatic rings. The van der Waals surface area contributed by atoms with Crippen LogP contribution in [0.1, 0.15) is 20.3 Å². The topological polar surface area (TPSA) is 61.4 Å². The largest absolute Gasteiger partial charge is 0.394 e. The fraction of sp³-hybridized carbons (Fsp3) is 0.462. The summed E-state index contributed by atoms with van der Waals surface area (Å²) in [5, 5.41) is 14.4. The van der Waals surface area contributed by atoms with Crippen LogP contribution in [0.3, 0.4) is 0 Å². The van der Waals surface area contributed by atoms with Crippen molar-refractivity contribution in [3.05, 3.63) is 29.0 Å². The fourth-order valence-corrected chi connectivity index (χ4v) is 1.86. The van der Waals surface area contributed by atoms with Gasteiger partial charge in [-0.1, -0.05) is 25.4 Å². The SMILES string of the molecule is CC(C)CC(CO)NC(=O)Nc1cc(Cl)ccc1F. The first-order valence-electron chi connectivity index (χ1n) is 6.05. The molecule has 106 valence electrons. The number of aliphatic hydroxyl groups excluding tert-OH is 1. The molecular formula is C13H18ClFN2O2. The van der Waals surface area contributed by atoms with Crippen LogP contribution in [0.5, 0.6) is 0 Å². The Morgan fingerprint density at radius 1 is 1.47 bits per heavy atom. The van der Waals surface area contributed by atoms with Crippen molar-refractivity contribution in [1.29, 1.82) is 0 Å². The highest BCUT2D eigenvalue weighted by atomic mass is 35.5. The van der Waals surface area contributed by atoms with Gasteiger partial charge in [0.05, 0.1) is 18.3 Å². The van der Waals surface area contributed by atoms with E-state index in [1.54, 1.807) is 0 Å². The molecule has 0 saturated carbocycles. The lowest BCUT2D eigenvalue weighted by molar-refractivity contribution is 0.214. The predicted octanol–water partition coefficient (Wildman–Crippen LogP) is 3.01. The average Bonchev–Trinajstić information content (AvgIpc) is 2.32. The van der Waals surface area contributed by atoms with E-state index in [4.69, 9.17) is 16.7 Å². The minimum atomic E-state index is -0.569. The third-order valence-corrected chi connectivity index (χ3v) is 2.72. The number of hydrogen-bond donors (Lipinski definition) is 3. The molecule has 0 aliphatic heterocycles. The van der Waals surface area contributed by atoms with E-state index in [2.05, 4.69) is 10.6 Å². The van der Waals surface area contributed by atoms with E-state index in [9.17, 15) is 9.18 Å². The minimum Gasteiger partial charge on any atom is -0.394 e. The average molecular weight is 289 g/mol. The zero-order chi connectivity index (χ0) is 14.4. The van der Waals surface area contributed by atoms with Gasteiger partial charge in [-0.2, -0.15) is 0 Å². The van der Waals surface area contributed by atoms with Gasteiger partial charge in [0, 0.05) is 5.02 Å². The molecule has 0 aliphatic carbocycles. The highest BCUT2D eigenvalue weighted by Gasteiger charge is 2.14. The first-order chi connectivity index (χ1) is 8.92. The highest BCUT2D eigenvalue weighted by molar-refractivity contribution is 6.30. The van der Waals surface area contributed by atoms with Crippen LogP contribution in [0.25, 0.3) is 0 Å². The van der Waals surface area contributed by atoms with E-state index in [0.717, 1.165) is 0 Å². The van der Waals surface area contributed by atoms with E-state index in [1.807, 2.05) is 13.8 Å². The smallest absolute Gasteiger partial charge is 0.319 e. The number of carbonyl (C=O) groups is 1. The number of benzene rings is 1. The quantitative estimate of drug-likeness (QED) is 0.780. The summed E-state index contributed by atoms with van der Waals surface area (Å²) in [4.78, 5) is 11.7. The van der Waals surface area contributed by atoms with Crippen molar-refractivity contribution in [2.45, 2.75) is 26.3 Å². The van der Waals surface area contributed by atoms with Gasteiger partial charge >= 0.3 is 6.03 Å². The summed E-state index contributed by atoms with van der Waals surface area (Å²) in [6.07, 6.45) is 0.641. The molecule has 0 bridgehead atoms. The van der Waals surface area contributed by atoms with Crippen LogP contribution in [0.4, 0.5) is 14.9 Å². The van der Waals surface area contributed by atoms with Crippen molar-refractivity contribution >= 4 is 23.3 Å². The number of amides is 2. The maximum Gasteiger partial charge on any atom is 0.319 e. The molecular weight excluding hydrogens is 271 g/mol. The van der Waals surface area contributed by atoms with Crippen molar-refractivity contribution in [3.63, 3.8) is 0 Å². The van der Waals surface area contributed by atoms with Crippen molar-refractivity contribution < 1.29 is 14.3 Å². The Bertz CT molecular complexity index is 441. The van der Waals surface area contributed by atoms with E-state index < -0.39 is 11.8 Å². The van der Waals surface area contributed by atoms with E-state index in [-0.39, 0.29) is 18.3 Å². The van der Waals surface area contributed by atoms with Crippen LogP contribution in [0, 0.1) is 11.7 Å². The van der Waals surface area contributed by atoms with Crippen LogP contribution < -0.4 is 10.6 Å². The van der Waals surface area contributed by atoms with Crippen LogP contribution >= 0.6 is 11.6 Å². The Morgan fingerprint density at radius 2 is 2.16 bits per heavy atom. The van der Waals surface area contributed by atoms with Crippen molar-refractivity contribution in [3.8, 4) is 0 Å². The number of carbonyl (C=O) groups excluding carboxylic acids is 1. The maximum absolute atomic E-state index is 13.4. The molecule has 0 saturated heterocycles. The fourth-order valence-electron chi connectivity index (χ4n) is 1.69. The van der Waals surface area contributed by atoms with Gasteiger partial charge in [-0.05, 0) is 30.5 Å². The summed E-state index contributed by atoms with van der Waals surface area (Å²) < 4.78 is 13.4. The molecule has 0 aromatic heterocycles. The number of aliphatic hydroxyl groups is 1. The molecule has 0 heterocycles. The van der Waals surface area contributed by atoms with Gasteiger partial charge in [-0.25, -0.2) is 9.18 Å². The molecule has 0 fully saturated rings. The summed E-state index contributed by atoms with van der Waals surface area (Å²) in [7, 11) is 0. The third kappa shape index (κ3) is 5.44. The van der Waals surface area contributed by atoms with Crippen LogP contribution in [-0.2, 0) is 0 Å². The number of anilines is 1. The molecule has 0 radical (unpaired) electrons. The van der Waals surface area contributed by atoms with Gasteiger partial charge in [0.25, 0.3) is 0 Å². The molecule has 1 aromatic rings. The number of nitrogens with one attached hydrogen (secondary N) is 2. The summed E-state index contributed by atoms with van der Waals surface area (Å²) in [5.41, 5.74) is 0.00577. The highest BCUT2D eigenvalue weighted by Crippen LogP contribution is 2.19. The van der Waals surface area contributed by atoms with Crippen molar-refractivity contribution in [2.24, 2.45) is 5.92 Å². The molecule has 3 N–H and O–H groups in total. The Kier molecular flexibility index (Phi) is 6.05.